The van der Waals surface area contributed by atoms with Crippen molar-refractivity contribution in [1.82, 2.24) is 5.32 Å². The molecule has 0 spiro atoms. The van der Waals surface area contributed by atoms with Crippen molar-refractivity contribution in [3.63, 3.8) is 0 Å². The lowest BCUT2D eigenvalue weighted by Gasteiger charge is -2.33. The second-order valence-corrected chi connectivity index (χ2v) is 5.41. The average Bonchev–Trinajstić information content (AvgIpc) is 2.48. The highest BCUT2D eigenvalue weighted by Gasteiger charge is 2.44. The maximum absolute atomic E-state index is 12.0. The van der Waals surface area contributed by atoms with Crippen molar-refractivity contribution in [3.8, 4) is 0 Å². The van der Waals surface area contributed by atoms with Crippen molar-refractivity contribution in [2.75, 3.05) is 6.61 Å². The van der Waals surface area contributed by atoms with Crippen LogP contribution < -0.4 is 11.1 Å². The molecule has 88 valence electrons. The molecule has 4 N–H and O–H groups in total. The molecule has 1 fully saturated rings. The van der Waals surface area contributed by atoms with E-state index in [9.17, 15) is 4.79 Å². The van der Waals surface area contributed by atoms with Crippen LogP contribution in [0.4, 0.5) is 0 Å². The normalized spacial score (nSPS) is 31.7. The summed E-state index contributed by atoms with van der Waals surface area (Å²) in [6.07, 6.45) is 2.75. The van der Waals surface area contributed by atoms with Gasteiger partial charge in [0.2, 0.25) is 5.91 Å². The van der Waals surface area contributed by atoms with Gasteiger partial charge in [0, 0.05) is 6.04 Å². The van der Waals surface area contributed by atoms with Crippen LogP contribution in [0.25, 0.3) is 0 Å². The molecule has 0 radical (unpaired) electrons. The van der Waals surface area contributed by atoms with E-state index in [0.717, 1.165) is 19.3 Å². The van der Waals surface area contributed by atoms with Crippen LogP contribution in [-0.2, 0) is 4.79 Å². The van der Waals surface area contributed by atoms with Crippen molar-refractivity contribution >= 4 is 5.91 Å². The number of rotatable bonds is 3. The van der Waals surface area contributed by atoms with Gasteiger partial charge in [0.1, 0.15) is 0 Å². The summed E-state index contributed by atoms with van der Waals surface area (Å²) >= 11 is 0. The molecule has 0 aromatic heterocycles. The molecule has 0 aromatic carbocycles. The van der Waals surface area contributed by atoms with Crippen LogP contribution in [0.3, 0.4) is 0 Å². The van der Waals surface area contributed by atoms with Gasteiger partial charge in [-0.25, -0.2) is 0 Å². The molecule has 0 aromatic rings. The van der Waals surface area contributed by atoms with E-state index in [2.05, 4.69) is 5.32 Å². The third kappa shape index (κ3) is 2.49. The Labute approximate surface area is 91.2 Å². The van der Waals surface area contributed by atoms with E-state index in [0.29, 0.717) is 0 Å². The number of aliphatic hydroxyl groups is 1. The fourth-order valence-electron chi connectivity index (χ4n) is 1.96. The van der Waals surface area contributed by atoms with Gasteiger partial charge in [-0.2, -0.15) is 0 Å². The average molecular weight is 214 g/mol. The number of hydrogen-bond acceptors (Lipinski definition) is 3. The Balaban J connectivity index is 2.68. The highest BCUT2D eigenvalue weighted by molar-refractivity contribution is 5.84. The summed E-state index contributed by atoms with van der Waals surface area (Å²) in [7, 11) is 0. The van der Waals surface area contributed by atoms with Gasteiger partial charge in [0.15, 0.2) is 0 Å². The summed E-state index contributed by atoms with van der Waals surface area (Å²) in [4.78, 5) is 12.0. The molecule has 4 heteroatoms. The Morgan fingerprint density at radius 3 is 2.67 bits per heavy atom. The van der Waals surface area contributed by atoms with Crippen LogP contribution in [0.1, 0.15) is 40.0 Å². The van der Waals surface area contributed by atoms with E-state index in [1.807, 2.05) is 6.92 Å². The van der Waals surface area contributed by atoms with Crippen molar-refractivity contribution in [2.45, 2.75) is 51.6 Å². The van der Waals surface area contributed by atoms with Crippen LogP contribution in [0.2, 0.25) is 0 Å². The first-order chi connectivity index (χ1) is 6.82. The summed E-state index contributed by atoms with van der Waals surface area (Å²) in [5, 5.41) is 11.9. The number of aliphatic hydroxyl groups excluding tert-OH is 1. The lowest BCUT2D eigenvalue weighted by atomic mass is 9.83. The summed E-state index contributed by atoms with van der Waals surface area (Å²) in [6, 6.07) is -0.0630. The quantitative estimate of drug-likeness (QED) is 0.636. The minimum atomic E-state index is -0.567. The molecular formula is C11H22N2O2. The molecule has 2 unspecified atom stereocenters. The third-order valence-corrected chi connectivity index (χ3v) is 3.40. The zero-order valence-electron chi connectivity index (χ0n) is 9.84. The molecule has 0 saturated heterocycles. The Morgan fingerprint density at radius 1 is 1.67 bits per heavy atom. The van der Waals surface area contributed by atoms with Crippen molar-refractivity contribution in [3.05, 3.63) is 0 Å². The van der Waals surface area contributed by atoms with Gasteiger partial charge in [-0.3, -0.25) is 4.79 Å². The summed E-state index contributed by atoms with van der Waals surface area (Å²) in [6.45, 7) is 5.45. The van der Waals surface area contributed by atoms with Gasteiger partial charge in [-0.15, -0.1) is 0 Å². The lowest BCUT2D eigenvalue weighted by Crippen LogP contribution is -2.55. The van der Waals surface area contributed by atoms with Crippen LogP contribution in [0, 0.1) is 5.41 Å². The molecule has 0 aliphatic heterocycles. The van der Waals surface area contributed by atoms with Gasteiger partial charge >= 0.3 is 0 Å². The molecule has 0 heterocycles. The maximum Gasteiger partial charge on any atom is 0.227 e. The van der Waals surface area contributed by atoms with E-state index in [1.54, 1.807) is 13.8 Å². The third-order valence-electron chi connectivity index (χ3n) is 3.40. The second-order valence-electron chi connectivity index (χ2n) is 5.41. The minimum absolute atomic E-state index is 0.0356. The number of amides is 1. The molecular weight excluding hydrogens is 192 g/mol. The first-order valence-electron chi connectivity index (χ1n) is 5.51. The van der Waals surface area contributed by atoms with Crippen molar-refractivity contribution < 1.29 is 9.90 Å². The molecule has 1 amide bonds. The first kappa shape index (κ1) is 12.5. The van der Waals surface area contributed by atoms with E-state index >= 15 is 0 Å². The maximum atomic E-state index is 12.0. The lowest BCUT2D eigenvalue weighted by molar-refractivity contribution is -0.132. The molecule has 0 bridgehead atoms. The Bertz CT molecular complexity index is 253. The van der Waals surface area contributed by atoms with E-state index in [4.69, 9.17) is 10.8 Å². The van der Waals surface area contributed by atoms with Gasteiger partial charge < -0.3 is 16.2 Å². The summed E-state index contributed by atoms with van der Waals surface area (Å²) in [5.74, 6) is -0.0356. The first-order valence-corrected chi connectivity index (χ1v) is 5.51. The van der Waals surface area contributed by atoms with E-state index in [-0.39, 0.29) is 18.6 Å². The zero-order valence-corrected chi connectivity index (χ0v) is 9.84. The zero-order chi connectivity index (χ0) is 11.7. The predicted octanol–water partition coefficient (Wildman–Crippen LogP) is 0.391. The van der Waals surface area contributed by atoms with Crippen LogP contribution >= 0.6 is 0 Å². The second kappa shape index (κ2) is 4.10. The summed E-state index contributed by atoms with van der Waals surface area (Å²) in [5.41, 5.74) is 4.92. The fraction of sp³-hybridized carbons (Fsp3) is 0.909. The van der Waals surface area contributed by atoms with Gasteiger partial charge in [-0.1, -0.05) is 6.42 Å². The number of carbonyl (C=O) groups is 1. The fourth-order valence-corrected chi connectivity index (χ4v) is 1.96. The van der Waals surface area contributed by atoms with Gasteiger partial charge in [0.05, 0.1) is 17.6 Å². The SMILES string of the molecule is CC(C)(CO)NC(=O)C1(C)CCCC1N. The van der Waals surface area contributed by atoms with Crippen molar-refractivity contribution in [2.24, 2.45) is 11.1 Å². The van der Waals surface area contributed by atoms with E-state index < -0.39 is 11.0 Å². The molecule has 4 nitrogen and oxygen atoms in total. The smallest absolute Gasteiger partial charge is 0.227 e. The van der Waals surface area contributed by atoms with Gasteiger partial charge in [-0.05, 0) is 33.6 Å². The number of hydrogen-bond donors (Lipinski definition) is 3. The number of carbonyl (C=O) groups excluding carboxylic acids is 1. The van der Waals surface area contributed by atoms with Crippen LogP contribution in [-0.4, -0.2) is 29.2 Å². The molecule has 2 atom stereocenters. The molecule has 1 aliphatic rings. The monoisotopic (exact) mass is 214 g/mol. The van der Waals surface area contributed by atoms with E-state index in [1.165, 1.54) is 0 Å². The van der Waals surface area contributed by atoms with Crippen LogP contribution in [0.5, 0.6) is 0 Å². The Kier molecular flexibility index (Phi) is 3.41. The largest absolute Gasteiger partial charge is 0.394 e. The molecule has 1 saturated carbocycles. The molecule has 1 aliphatic carbocycles. The minimum Gasteiger partial charge on any atom is -0.394 e. The van der Waals surface area contributed by atoms with Crippen LogP contribution in [0.15, 0.2) is 0 Å². The number of nitrogens with two attached hydrogens (primary N) is 1. The summed E-state index contributed by atoms with van der Waals surface area (Å²) < 4.78 is 0. The Morgan fingerprint density at radius 2 is 2.27 bits per heavy atom. The molecule has 15 heavy (non-hydrogen) atoms. The molecule has 1 rings (SSSR count). The standard InChI is InChI=1S/C11H22N2O2/c1-10(2,7-14)13-9(15)11(3)6-4-5-8(11)12/h8,14H,4-7,12H2,1-3H3,(H,13,15). The highest BCUT2D eigenvalue weighted by Crippen LogP contribution is 2.37. The van der Waals surface area contributed by atoms with Gasteiger partial charge in [0.25, 0.3) is 0 Å². The topological polar surface area (TPSA) is 75.3 Å². The Hall–Kier alpha value is -0.610. The number of nitrogens with one attached hydrogen (secondary N) is 1. The highest BCUT2D eigenvalue weighted by atomic mass is 16.3. The predicted molar refractivity (Wildman–Crippen MR) is 59.2 cm³/mol. The van der Waals surface area contributed by atoms with Crippen molar-refractivity contribution in [1.29, 1.82) is 0 Å².